The number of methoxy groups -OCH3 is 1. The summed E-state index contributed by atoms with van der Waals surface area (Å²) in [5, 5.41) is 6.15. The first-order valence-electron chi connectivity index (χ1n) is 10.6. The molecule has 4 rings (SSSR count). The molecule has 6 nitrogen and oxygen atoms in total. The van der Waals surface area contributed by atoms with Gasteiger partial charge in [0.2, 0.25) is 0 Å². The molecule has 0 saturated heterocycles. The Hall–Kier alpha value is -4.19. The van der Waals surface area contributed by atoms with Crippen molar-refractivity contribution in [1.82, 2.24) is 5.01 Å². The van der Waals surface area contributed by atoms with E-state index in [4.69, 9.17) is 9.47 Å². The smallest absolute Gasteiger partial charge is 0.308 e. The summed E-state index contributed by atoms with van der Waals surface area (Å²) in [6.07, 6.45) is 3.78. The molecule has 0 saturated carbocycles. The van der Waals surface area contributed by atoms with Crippen LogP contribution in [0.15, 0.2) is 90.0 Å². The van der Waals surface area contributed by atoms with Gasteiger partial charge in [0.15, 0.2) is 0 Å². The van der Waals surface area contributed by atoms with Crippen LogP contribution >= 0.6 is 0 Å². The first-order chi connectivity index (χ1) is 16.0. The topological polar surface area (TPSA) is 68.2 Å². The summed E-state index contributed by atoms with van der Waals surface area (Å²) in [5.41, 5.74) is 3.22. The molecule has 0 aromatic heterocycles. The van der Waals surface area contributed by atoms with E-state index in [0.717, 1.165) is 16.9 Å². The Morgan fingerprint density at radius 1 is 0.970 bits per heavy atom. The van der Waals surface area contributed by atoms with E-state index in [0.29, 0.717) is 23.4 Å². The van der Waals surface area contributed by atoms with Gasteiger partial charge in [0, 0.05) is 25.0 Å². The molecule has 166 valence electrons. The Kier molecular flexibility index (Phi) is 6.64. The monoisotopic (exact) mass is 440 g/mol. The third-order valence-corrected chi connectivity index (χ3v) is 5.31. The van der Waals surface area contributed by atoms with Crippen LogP contribution in [0.2, 0.25) is 0 Å². The Morgan fingerprint density at radius 3 is 2.36 bits per heavy atom. The van der Waals surface area contributed by atoms with Crippen molar-refractivity contribution in [2.75, 3.05) is 7.11 Å². The predicted molar refractivity (Wildman–Crippen MR) is 127 cm³/mol. The molecule has 1 amide bonds. The van der Waals surface area contributed by atoms with Crippen molar-refractivity contribution < 1.29 is 19.1 Å². The Bertz CT molecular complexity index is 1200. The van der Waals surface area contributed by atoms with Crippen LogP contribution in [0.4, 0.5) is 0 Å². The van der Waals surface area contributed by atoms with Gasteiger partial charge in [0.1, 0.15) is 11.5 Å². The molecule has 0 fully saturated rings. The van der Waals surface area contributed by atoms with E-state index in [1.54, 1.807) is 25.3 Å². The summed E-state index contributed by atoms with van der Waals surface area (Å²) in [6.45, 7) is 1.36. The van der Waals surface area contributed by atoms with Crippen LogP contribution in [-0.4, -0.2) is 29.7 Å². The van der Waals surface area contributed by atoms with E-state index in [-0.39, 0.29) is 11.9 Å². The highest BCUT2D eigenvalue weighted by atomic mass is 16.5. The molecule has 0 radical (unpaired) electrons. The molecule has 3 aromatic rings. The van der Waals surface area contributed by atoms with Gasteiger partial charge < -0.3 is 9.47 Å². The van der Waals surface area contributed by atoms with Crippen LogP contribution in [0.5, 0.6) is 11.5 Å². The van der Waals surface area contributed by atoms with Crippen LogP contribution in [0, 0.1) is 0 Å². The first kappa shape index (κ1) is 22.0. The van der Waals surface area contributed by atoms with Crippen molar-refractivity contribution in [3.63, 3.8) is 0 Å². The number of ether oxygens (including phenoxy) is 2. The molecule has 0 spiro atoms. The SMILES string of the molecule is COc1ccc([C@H]2CC(c3ccccc3OC(C)=O)=NN2C(=O)/C=C/c2ccccc2)cc1. The summed E-state index contributed by atoms with van der Waals surface area (Å²) in [4.78, 5) is 24.8. The van der Waals surface area contributed by atoms with Crippen LogP contribution in [-0.2, 0) is 9.59 Å². The predicted octanol–water partition coefficient (Wildman–Crippen LogP) is 5.01. The number of hydrazone groups is 1. The number of amides is 1. The summed E-state index contributed by atoms with van der Waals surface area (Å²) >= 11 is 0. The van der Waals surface area contributed by atoms with Gasteiger partial charge in [-0.25, -0.2) is 5.01 Å². The van der Waals surface area contributed by atoms with E-state index >= 15 is 0 Å². The molecule has 1 atom stereocenters. The first-order valence-corrected chi connectivity index (χ1v) is 10.6. The van der Waals surface area contributed by atoms with Crippen molar-refractivity contribution in [3.05, 3.63) is 102 Å². The fraction of sp³-hybridized carbons (Fsp3) is 0.148. The number of esters is 1. The maximum atomic E-state index is 13.2. The lowest BCUT2D eigenvalue weighted by Crippen LogP contribution is -2.25. The number of hydrogen-bond donors (Lipinski definition) is 0. The van der Waals surface area contributed by atoms with Crippen LogP contribution < -0.4 is 9.47 Å². The standard InChI is InChI=1S/C27H24N2O4/c1-19(30)33-26-11-7-6-10-23(26)24-18-25(21-13-15-22(32-2)16-14-21)29(28-24)27(31)17-12-20-8-4-3-5-9-20/h3-17,25H,18H2,1-2H3/b17-12+/t25-/m1/s1. The van der Waals surface area contributed by atoms with Gasteiger partial charge >= 0.3 is 5.97 Å². The highest BCUT2D eigenvalue weighted by molar-refractivity contribution is 6.06. The fourth-order valence-corrected chi connectivity index (χ4v) is 3.72. The van der Waals surface area contributed by atoms with Gasteiger partial charge in [-0.05, 0) is 41.5 Å². The van der Waals surface area contributed by atoms with Gasteiger partial charge in [-0.15, -0.1) is 0 Å². The zero-order valence-corrected chi connectivity index (χ0v) is 18.5. The zero-order valence-electron chi connectivity index (χ0n) is 18.5. The third kappa shape index (κ3) is 5.18. The summed E-state index contributed by atoms with van der Waals surface area (Å²) in [5.74, 6) is 0.511. The van der Waals surface area contributed by atoms with Gasteiger partial charge in [-0.3, -0.25) is 9.59 Å². The average molecular weight is 440 g/mol. The van der Waals surface area contributed by atoms with Crippen molar-refractivity contribution in [2.24, 2.45) is 5.10 Å². The Morgan fingerprint density at radius 2 is 1.67 bits per heavy atom. The van der Waals surface area contributed by atoms with E-state index in [9.17, 15) is 9.59 Å². The fourth-order valence-electron chi connectivity index (χ4n) is 3.72. The quantitative estimate of drug-likeness (QED) is 0.307. The molecule has 0 unspecified atom stereocenters. The number of benzene rings is 3. The number of carbonyl (C=O) groups is 2. The number of carbonyl (C=O) groups excluding carboxylic acids is 2. The van der Waals surface area contributed by atoms with Gasteiger partial charge in [-0.1, -0.05) is 54.6 Å². The maximum absolute atomic E-state index is 13.2. The molecule has 0 bridgehead atoms. The number of nitrogens with zero attached hydrogens (tertiary/aromatic N) is 2. The molecule has 1 aliphatic rings. The number of rotatable bonds is 6. The second-order valence-electron chi connectivity index (χ2n) is 7.56. The van der Waals surface area contributed by atoms with Gasteiger partial charge in [0.05, 0.1) is 18.9 Å². The van der Waals surface area contributed by atoms with E-state index < -0.39 is 5.97 Å². The molecular weight excluding hydrogens is 416 g/mol. The highest BCUT2D eigenvalue weighted by Crippen LogP contribution is 2.35. The summed E-state index contributed by atoms with van der Waals surface area (Å²) in [7, 11) is 1.61. The number of hydrogen-bond acceptors (Lipinski definition) is 5. The van der Waals surface area contributed by atoms with E-state index in [2.05, 4.69) is 5.10 Å². The highest BCUT2D eigenvalue weighted by Gasteiger charge is 2.33. The van der Waals surface area contributed by atoms with Gasteiger partial charge in [0.25, 0.3) is 5.91 Å². The van der Waals surface area contributed by atoms with Crippen LogP contribution in [0.25, 0.3) is 6.08 Å². The Balaban J connectivity index is 1.68. The minimum absolute atomic E-state index is 0.236. The third-order valence-electron chi connectivity index (χ3n) is 5.31. The second-order valence-corrected chi connectivity index (χ2v) is 7.56. The summed E-state index contributed by atoms with van der Waals surface area (Å²) in [6, 6.07) is 24.1. The minimum Gasteiger partial charge on any atom is -0.497 e. The van der Waals surface area contributed by atoms with E-state index in [1.165, 1.54) is 18.0 Å². The lowest BCUT2D eigenvalue weighted by molar-refractivity contribution is -0.132. The molecule has 3 aromatic carbocycles. The van der Waals surface area contributed by atoms with Crippen molar-refractivity contribution in [3.8, 4) is 11.5 Å². The second kappa shape index (κ2) is 9.96. The molecular formula is C27H24N2O4. The molecule has 33 heavy (non-hydrogen) atoms. The molecule has 1 heterocycles. The summed E-state index contributed by atoms with van der Waals surface area (Å²) < 4.78 is 10.6. The molecule has 1 aliphatic heterocycles. The number of para-hydroxylation sites is 1. The lowest BCUT2D eigenvalue weighted by Gasteiger charge is -2.21. The van der Waals surface area contributed by atoms with Crippen molar-refractivity contribution in [1.29, 1.82) is 0 Å². The average Bonchev–Trinajstić information content (AvgIpc) is 3.28. The molecule has 0 N–H and O–H groups in total. The Labute approximate surface area is 192 Å². The normalized spacial score (nSPS) is 15.4. The molecule has 0 aliphatic carbocycles. The van der Waals surface area contributed by atoms with Crippen LogP contribution in [0.3, 0.4) is 0 Å². The largest absolute Gasteiger partial charge is 0.497 e. The minimum atomic E-state index is -0.411. The van der Waals surface area contributed by atoms with Crippen molar-refractivity contribution in [2.45, 2.75) is 19.4 Å². The van der Waals surface area contributed by atoms with Crippen LogP contribution in [0.1, 0.15) is 36.1 Å². The zero-order chi connectivity index (χ0) is 23.2. The van der Waals surface area contributed by atoms with E-state index in [1.807, 2.05) is 66.7 Å². The van der Waals surface area contributed by atoms with Gasteiger partial charge in [-0.2, -0.15) is 5.10 Å². The lowest BCUT2D eigenvalue weighted by atomic mass is 9.97. The maximum Gasteiger partial charge on any atom is 0.308 e. The van der Waals surface area contributed by atoms with Crippen molar-refractivity contribution >= 4 is 23.7 Å². The molecule has 6 heteroatoms.